The molecule has 2 heterocycles. The molecule has 0 saturated carbocycles. The van der Waals surface area contributed by atoms with E-state index < -0.39 is 5.97 Å². The van der Waals surface area contributed by atoms with Crippen LogP contribution in [0.3, 0.4) is 0 Å². The van der Waals surface area contributed by atoms with Crippen molar-refractivity contribution >= 4 is 39.9 Å². The topological polar surface area (TPSA) is 97.8 Å². The van der Waals surface area contributed by atoms with Gasteiger partial charge in [0, 0.05) is 23.9 Å². The Morgan fingerprint density at radius 3 is 2.93 bits per heavy atom. The lowest BCUT2D eigenvalue weighted by Gasteiger charge is -2.29. The first kappa shape index (κ1) is 19.8. The lowest BCUT2D eigenvalue weighted by molar-refractivity contribution is -0.141. The number of nitrogens with zero attached hydrogens (tertiary/aromatic N) is 2. The number of hydrogen-bond donors (Lipinski definition) is 1. The number of ether oxygens (including phenoxy) is 2. The number of methoxy groups -OCH3 is 1. The Morgan fingerprint density at radius 1 is 1.36 bits per heavy atom. The molecule has 148 valence electrons. The summed E-state index contributed by atoms with van der Waals surface area (Å²) >= 11 is 1.29. The summed E-state index contributed by atoms with van der Waals surface area (Å²) in [4.78, 5) is 41.3. The number of hydrogen-bond acceptors (Lipinski definition) is 7. The van der Waals surface area contributed by atoms with Crippen molar-refractivity contribution in [1.29, 1.82) is 0 Å². The molecule has 0 bridgehead atoms. The van der Waals surface area contributed by atoms with Crippen molar-refractivity contribution in [2.75, 3.05) is 30.5 Å². The molecule has 0 aliphatic carbocycles. The summed E-state index contributed by atoms with van der Waals surface area (Å²) in [7, 11) is 1.28. The standard InChI is InChI=1S/C19H21N3O5S/c1-3-8-22-14-9-12(4-5-15(14)27-10-17(22)24)13-11-28-19(20-13)21-16(23)6-7-18(25)26-2/h4-5,9,11H,3,6-8,10H2,1-2H3,(H,20,21,23). The van der Waals surface area contributed by atoms with Crippen LogP contribution in [0.15, 0.2) is 23.6 Å². The van der Waals surface area contributed by atoms with Crippen LogP contribution in [0, 0.1) is 0 Å². The van der Waals surface area contributed by atoms with Gasteiger partial charge < -0.3 is 19.7 Å². The number of aromatic nitrogens is 1. The van der Waals surface area contributed by atoms with E-state index in [2.05, 4.69) is 15.0 Å². The van der Waals surface area contributed by atoms with Crippen molar-refractivity contribution in [2.24, 2.45) is 0 Å². The number of benzene rings is 1. The first-order valence-corrected chi connectivity index (χ1v) is 9.79. The minimum atomic E-state index is -0.433. The first-order valence-electron chi connectivity index (χ1n) is 8.91. The molecular weight excluding hydrogens is 382 g/mol. The van der Waals surface area contributed by atoms with Gasteiger partial charge in [0.1, 0.15) is 5.75 Å². The average molecular weight is 403 g/mol. The van der Waals surface area contributed by atoms with Crippen LogP contribution in [0.5, 0.6) is 5.75 Å². The molecule has 28 heavy (non-hydrogen) atoms. The van der Waals surface area contributed by atoms with Crippen molar-refractivity contribution in [3.63, 3.8) is 0 Å². The Hall–Kier alpha value is -2.94. The molecule has 9 heteroatoms. The number of nitrogens with one attached hydrogen (secondary N) is 1. The van der Waals surface area contributed by atoms with Crippen molar-refractivity contribution in [3.05, 3.63) is 23.6 Å². The van der Waals surface area contributed by atoms with E-state index in [1.54, 1.807) is 4.90 Å². The minimum absolute atomic E-state index is 0.0205. The summed E-state index contributed by atoms with van der Waals surface area (Å²) in [5.74, 6) is -0.131. The van der Waals surface area contributed by atoms with Crippen LogP contribution in [0.1, 0.15) is 26.2 Å². The summed E-state index contributed by atoms with van der Waals surface area (Å²) < 4.78 is 10.0. The molecule has 1 aromatic carbocycles. The zero-order valence-electron chi connectivity index (χ0n) is 15.7. The highest BCUT2D eigenvalue weighted by atomic mass is 32.1. The molecule has 0 spiro atoms. The smallest absolute Gasteiger partial charge is 0.306 e. The fourth-order valence-electron chi connectivity index (χ4n) is 2.79. The Balaban J connectivity index is 1.74. The normalized spacial score (nSPS) is 12.9. The molecule has 0 radical (unpaired) electrons. The Kier molecular flexibility index (Phi) is 6.25. The molecule has 0 saturated heterocycles. The SMILES string of the molecule is CCCN1C(=O)COc2ccc(-c3csc(NC(=O)CCC(=O)OC)n3)cc21. The van der Waals surface area contributed by atoms with E-state index in [0.29, 0.717) is 23.1 Å². The molecule has 3 rings (SSSR count). The predicted molar refractivity (Wildman–Crippen MR) is 106 cm³/mol. The molecule has 1 aromatic heterocycles. The summed E-state index contributed by atoms with van der Waals surface area (Å²) in [6.07, 6.45) is 0.895. The van der Waals surface area contributed by atoms with Gasteiger partial charge in [0.25, 0.3) is 5.91 Å². The fourth-order valence-corrected chi connectivity index (χ4v) is 3.53. The molecule has 0 atom stereocenters. The molecule has 1 N–H and O–H groups in total. The van der Waals surface area contributed by atoms with E-state index in [1.165, 1.54) is 18.4 Å². The zero-order chi connectivity index (χ0) is 20.1. The number of amides is 2. The van der Waals surface area contributed by atoms with Crippen LogP contribution < -0.4 is 15.0 Å². The molecule has 8 nitrogen and oxygen atoms in total. The third-order valence-electron chi connectivity index (χ3n) is 4.18. The van der Waals surface area contributed by atoms with Crippen molar-refractivity contribution < 1.29 is 23.9 Å². The number of carbonyl (C=O) groups is 3. The van der Waals surface area contributed by atoms with Crippen molar-refractivity contribution in [1.82, 2.24) is 4.98 Å². The lowest BCUT2D eigenvalue weighted by atomic mass is 10.1. The summed E-state index contributed by atoms with van der Waals surface area (Å²) in [5.41, 5.74) is 2.24. The molecule has 1 aliphatic heterocycles. The van der Waals surface area contributed by atoms with Gasteiger partial charge in [-0.25, -0.2) is 4.98 Å². The minimum Gasteiger partial charge on any atom is -0.482 e. The van der Waals surface area contributed by atoms with Crippen LogP contribution >= 0.6 is 11.3 Å². The van der Waals surface area contributed by atoms with E-state index in [1.807, 2.05) is 30.5 Å². The average Bonchev–Trinajstić information content (AvgIpc) is 3.16. The van der Waals surface area contributed by atoms with Gasteiger partial charge in [-0.3, -0.25) is 14.4 Å². The van der Waals surface area contributed by atoms with E-state index >= 15 is 0 Å². The van der Waals surface area contributed by atoms with Gasteiger partial charge in [0.15, 0.2) is 11.7 Å². The third-order valence-corrected chi connectivity index (χ3v) is 4.94. The van der Waals surface area contributed by atoms with E-state index in [0.717, 1.165) is 17.7 Å². The van der Waals surface area contributed by atoms with Gasteiger partial charge in [0.05, 0.1) is 24.9 Å². The maximum Gasteiger partial charge on any atom is 0.306 e. The van der Waals surface area contributed by atoms with Crippen LogP contribution in [0.4, 0.5) is 10.8 Å². The maximum atomic E-state index is 12.2. The van der Waals surface area contributed by atoms with Gasteiger partial charge in [-0.15, -0.1) is 11.3 Å². The van der Waals surface area contributed by atoms with Crippen LogP contribution in [0.25, 0.3) is 11.3 Å². The van der Waals surface area contributed by atoms with Gasteiger partial charge in [0.2, 0.25) is 5.91 Å². The lowest BCUT2D eigenvalue weighted by Crippen LogP contribution is -2.39. The number of fused-ring (bicyclic) bond motifs is 1. The Labute approximate surface area is 166 Å². The monoisotopic (exact) mass is 403 g/mol. The van der Waals surface area contributed by atoms with E-state index in [4.69, 9.17) is 4.74 Å². The van der Waals surface area contributed by atoms with Crippen molar-refractivity contribution in [2.45, 2.75) is 26.2 Å². The quantitative estimate of drug-likeness (QED) is 0.714. The molecule has 0 fully saturated rings. The van der Waals surface area contributed by atoms with E-state index in [-0.39, 0.29) is 31.3 Å². The second kappa shape index (κ2) is 8.83. The fraction of sp³-hybridized carbons (Fsp3) is 0.368. The molecule has 2 aromatic rings. The van der Waals surface area contributed by atoms with Gasteiger partial charge in [-0.05, 0) is 24.6 Å². The second-order valence-corrected chi connectivity index (χ2v) is 7.04. The van der Waals surface area contributed by atoms with Crippen LogP contribution in [-0.4, -0.2) is 43.0 Å². The molecule has 2 amide bonds. The van der Waals surface area contributed by atoms with Gasteiger partial charge >= 0.3 is 5.97 Å². The Bertz CT molecular complexity index is 895. The van der Waals surface area contributed by atoms with Crippen LogP contribution in [0.2, 0.25) is 0 Å². The number of carbonyl (C=O) groups excluding carboxylic acids is 3. The number of thiazole rings is 1. The Morgan fingerprint density at radius 2 is 2.18 bits per heavy atom. The van der Waals surface area contributed by atoms with Crippen molar-refractivity contribution in [3.8, 4) is 17.0 Å². The van der Waals surface area contributed by atoms with Gasteiger partial charge in [-0.1, -0.05) is 6.92 Å². The largest absolute Gasteiger partial charge is 0.482 e. The summed E-state index contributed by atoms with van der Waals surface area (Å²) in [5, 5.41) is 4.95. The highest BCUT2D eigenvalue weighted by Crippen LogP contribution is 2.36. The van der Waals surface area contributed by atoms with E-state index in [9.17, 15) is 14.4 Å². The number of esters is 1. The summed E-state index contributed by atoms with van der Waals surface area (Å²) in [6.45, 7) is 2.68. The zero-order valence-corrected chi connectivity index (χ0v) is 16.5. The highest BCUT2D eigenvalue weighted by molar-refractivity contribution is 7.14. The third kappa shape index (κ3) is 4.48. The highest BCUT2D eigenvalue weighted by Gasteiger charge is 2.25. The predicted octanol–water partition coefficient (Wildman–Crippen LogP) is 2.84. The maximum absolute atomic E-state index is 12.2. The first-order chi connectivity index (χ1) is 13.5. The number of anilines is 2. The molecule has 0 unspecified atom stereocenters. The molecular formula is C19H21N3O5S. The van der Waals surface area contributed by atoms with Gasteiger partial charge in [-0.2, -0.15) is 0 Å². The molecule has 1 aliphatic rings. The second-order valence-electron chi connectivity index (χ2n) is 6.18. The number of rotatable bonds is 7. The van der Waals surface area contributed by atoms with Crippen LogP contribution in [-0.2, 0) is 19.1 Å². The summed E-state index contributed by atoms with van der Waals surface area (Å²) in [6, 6.07) is 5.57.